The molecule has 31 heavy (non-hydrogen) atoms. The third kappa shape index (κ3) is 3.29. The molecule has 3 N–H and O–H groups in total. The molecule has 6 rings (SSSR count). The van der Waals surface area contributed by atoms with Gasteiger partial charge in [0.05, 0.1) is 5.52 Å². The Morgan fingerprint density at radius 3 is 2.58 bits per heavy atom. The van der Waals surface area contributed by atoms with Gasteiger partial charge in [0.1, 0.15) is 5.82 Å². The van der Waals surface area contributed by atoms with Gasteiger partial charge in [-0.25, -0.2) is 4.98 Å². The standard InChI is InChI=1S/C26H24N4S/c27-26-29-22-14-13-16(15-21(22)25(30-26)28-17-7-2-1-3-8-17)18-10-6-11-20-19-9-4-5-12-23(19)31-24(18)20/h4-6,9-15,17H,1-3,7-8H2,(H3,27,28,29,30). The third-order valence-corrected chi connectivity index (χ3v) is 7.59. The Hall–Kier alpha value is -3.18. The third-order valence-electron chi connectivity index (χ3n) is 6.37. The molecule has 154 valence electrons. The molecule has 1 aliphatic rings. The number of hydrogen-bond donors (Lipinski definition) is 2. The Bertz CT molecular complexity index is 1420. The highest BCUT2D eigenvalue weighted by atomic mass is 32.1. The molecule has 1 fully saturated rings. The second-order valence-electron chi connectivity index (χ2n) is 8.42. The molecule has 0 saturated heterocycles. The van der Waals surface area contributed by atoms with Gasteiger partial charge in [0.25, 0.3) is 0 Å². The predicted octanol–water partition coefficient (Wildman–Crippen LogP) is 6.99. The number of rotatable bonds is 3. The summed E-state index contributed by atoms with van der Waals surface area (Å²) in [5.74, 6) is 1.19. The van der Waals surface area contributed by atoms with Crippen molar-refractivity contribution in [2.45, 2.75) is 38.1 Å². The first kappa shape index (κ1) is 18.6. The Morgan fingerprint density at radius 2 is 1.68 bits per heavy atom. The van der Waals surface area contributed by atoms with Crippen LogP contribution in [-0.4, -0.2) is 16.0 Å². The highest BCUT2D eigenvalue weighted by Crippen LogP contribution is 2.40. The first-order valence-electron chi connectivity index (χ1n) is 11.0. The summed E-state index contributed by atoms with van der Waals surface area (Å²) in [5.41, 5.74) is 9.36. The predicted molar refractivity (Wildman–Crippen MR) is 133 cm³/mol. The number of thiophene rings is 1. The molecule has 0 bridgehead atoms. The van der Waals surface area contributed by atoms with Crippen LogP contribution in [0.25, 0.3) is 42.2 Å². The summed E-state index contributed by atoms with van der Waals surface area (Å²) in [7, 11) is 0. The second-order valence-corrected chi connectivity index (χ2v) is 9.47. The van der Waals surface area contributed by atoms with Crippen LogP contribution in [0, 0.1) is 0 Å². The summed E-state index contributed by atoms with van der Waals surface area (Å²) >= 11 is 1.86. The van der Waals surface area contributed by atoms with E-state index in [0.717, 1.165) is 16.7 Å². The largest absolute Gasteiger partial charge is 0.368 e. The minimum absolute atomic E-state index is 0.324. The molecule has 0 atom stereocenters. The molecule has 4 nitrogen and oxygen atoms in total. The van der Waals surface area contributed by atoms with Gasteiger partial charge in [-0.1, -0.05) is 61.7 Å². The van der Waals surface area contributed by atoms with Gasteiger partial charge in [-0.2, -0.15) is 4.98 Å². The van der Waals surface area contributed by atoms with Crippen molar-refractivity contribution in [1.82, 2.24) is 9.97 Å². The summed E-state index contributed by atoms with van der Waals surface area (Å²) in [4.78, 5) is 9.08. The van der Waals surface area contributed by atoms with Crippen LogP contribution in [0.3, 0.4) is 0 Å². The zero-order valence-electron chi connectivity index (χ0n) is 17.3. The Kier molecular flexibility index (Phi) is 4.50. The quantitative estimate of drug-likeness (QED) is 0.327. The first-order chi connectivity index (χ1) is 15.3. The Labute approximate surface area is 185 Å². The van der Waals surface area contributed by atoms with Gasteiger partial charge in [0, 0.05) is 31.6 Å². The van der Waals surface area contributed by atoms with Gasteiger partial charge in [-0.15, -0.1) is 11.3 Å². The van der Waals surface area contributed by atoms with Crippen LogP contribution in [0.15, 0.2) is 60.7 Å². The molecule has 0 radical (unpaired) electrons. The van der Waals surface area contributed by atoms with Crippen LogP contribution in [0.2, 0.25) is 0 Å². The van der Waals surface area contributed by atoms with Crippen molar-refractivity contribution in [3.8, 4) is 11.1 Å². The zero-order chi connectivity index (χ0) is 20.8. The number of nitrogens with two attached hydrogens (primary N) is 1. The zero-order valence-corrected chi connectivity index (χ0v) is 18.1. The van der Waals surface area contributed by atoms with Gasteiger partial charge >= 0.3 is 0 Å². The highest BCUT2D eigenvalue weighted by Gasteiger charge is 2.17. The van der Waals surface area contributed by atoms with Crippen LogP contribution in [0.1, 0.15) is 32.1 Å². The Balaban J connectivity index is 1.51. The van der Waals surface area contributed by atoms with E-state index in [2.05, 4.69) is 75.9 Å². The molecule has 1 aliphatic carbocycles. The van der Waals surface area contributed by atoms with E-state index < -0.39 is 0 Å². The van der Waals surface area contributed by atoms with Gasteiger partial charge in [0.2, 0.25) is 5.95 Å². The Morgan fingerprint density at radius 1 is 0.839 bits per heavy atom. The van der Waals surface area contributed by atoms with E-state index >= 15 is 0 Å². The number of fused-ring (bicyclic) bond motifs is 4. The van der Waals surface area contributed by atoms with Crippen LogP contribution < -0.4 is 11.1 Å². The van der Waals surface area contributed by atoms with Crippen molar-refractivity contribution in [2.24, 2.45) is 0 Å². The van der Waals surface area contributed by atoms with Gasteiger partial charge in [-0.05, 0) is 42.2 Å². The van der Waals surface area contributed by atoms with Crippen LogP contribution in [0.5, 0.6) is 0 Å². The van der Waals surface area contributed by atoms with Crippen molar-refractivity contribution in [3.05, 3.63) is 60.7 Å². The average Bonchev–Trinajstić information content (AvgIpc) is 3.18. The number of aromatic nitrogens is 2. The van der Waals surface area contributed by atoms with E-state index in [1.165, 1.54) is 63.4 Å². The van der Waals surface area contributed by atoms with E-state index in [-0.39, 0.29) is 0 Å². The maximum atomic E-state index is 6.04. The van der Waals surface area contributed by atoms with Crippen molar-refractivity contribution in [3.63, 3.8) is 0 Å². The fraction of sp³-hybridized carbons (Fsp3) is 0.231. The molecule has 2 heterocycles. The lowest BCUT2D eigenvalue weighted by atomic mass is 9.95. The molecule has 0 amide bonds. The number of hydrogen-bond acceptors (Lipinski definition) is 5. The number of nitrogens with zero attached hydrogens (tertiary/aromatic N) is 2. The van der Waals surface area contributed by atoms with E-state index in [4.69, 9.17) is 5.73 Å². The lowest BCUT2D eigenvalue weighted by Crippen LogP contribution is -2.23. The topological polar surface area (TPSA) is 63.8 Å². The van der Waals surface area contributed by atoms with Gasteiger partial charge in [-0.3, -0.25) is 0 Å². The summed E-state index contributed by atoms with van der Waals surface area (Å²) < 4.78 is 2.64. The van der Waals surface area contributed by atoms with Crippen molar-refractivity contribution in [2.75, 3.05) is 11.1 Å². The average molecular weight is 425 g/mol. The lowest BCUT2D eigenvalue weighted by molar-refractivity contribution is 0.462. The van der Waals surface area contributed by atoms with Crippen LogP contribution in [-0.2, 0) is 0 Å². The normalized spacial score (nSPS) is 15.1. The van der Waals surface area contributed by atoms with Crippen molar-refractivity contribution in [1.29, 1.82) is 0 Å². The molecule has 1 saturated carbocycles. The van der Waals surface area contributed by atoms with Gasteiger partial charge in [0.15, 0.2) is 0 Å². The monoisotopic (exact) mass is 424 g/mol. The molecule has 0 aliphatic heterocycles. The highest BCUT2D eigenvalue weighted by molar-refractivity contribution is 7.26. The number of anilines is 2. The number of benzene rings is 3. The smallest absolute Gasteiger partial charge is 0.222 e. The minimum Gasteiger partial charge on any atom is -0.368 e. The summed E-state index contributed by atoms with van der Waals surface area (Å²) in [6, 6.07) is 22.1. The molecule has 0 spiro atoms. The molecule has 2 aromatic heterocycles. The molecule has 5 aromatic rings. The number of nitrogens with one attached hydrogen (secondary N) is 1. The lowest BCUT2D eigenvalue weighted by Gasteiger charge is -2.24. The summed E-state index contributed by atoms with van der Waals surface area (Å²) in [6.45, 7) is 0. The number of nitrogen functional groups attached to an aromatic ring is 1. The molecule has 5 heteroatoms. The first-order valence-corrected chi connectivity index (χ1v) is 11.8. The molecule has 0 unspecified atom stereocenters. The molecule has 3 aromatic carbocycles. The van der Waals surface area contributed by atoms with E-state index in [0.29, 0.717) is 12.0 Å². The van der Waals surface area contributed by atoms with Crippen molar-refractivity contribution < 1.29 is 0 Å². The van der Waals surface area contributed by atoms with E-state index in [1.807, 2.05) is 11.3 Å². The van der Waals surface area contributed by atoms with Crippen molar-refractivity contribution >= 4 is 54.2 Å². The maximum Gasteiger partial charge on any atom is 0.222 e. The minimum atomic E-state index is 0.324. The maximum absolute atomic E-state index is 6.04. The fourth-order valence-corrected chi connectivity index (χ4v) is 6.08. The molecular formula is C26H24N4S. The van der Waals surface area contributed by atoms with E-state index in [9.17, 15) is 0 Å². The summed E-state index contributed by atoms with van der Waals surface area (Å²) in [5, 5.41) is 7.34. The molecular weight excluding hydrogens is 400 g/mol. The van der Waals surface area contributed by atoms with Crippen LogP contribution in [0.4, 0.5) is 11.8 Å². The SMILES string of the molecule is Nc1nc(NC2CCCCC2)c2cc(-c3cccc4c3sc3ccccc34)ccc2n1. The van der Waals surface area contributed by atoms with Gasteiger partial charge < -0.3 is 11.1 Å². The second kappa shape index (κ2) is 7.50. The van der Waals surface area contributed by atoms with E-state index in [1.54, 1.807) is 0 Å². The summed E-state index contributed by atoms with van der Waals surface area (Å²) in [6.07, 6.45) is 6.25. The fourth-order valence-electron chi connectivity index (χ4n) is 4.84. The van der Waals surface area contributed by atoms with Crippen LogP contribution >= 0.6 is 11.3 Å².